The Balaban J connectivity index is 2.44. The van der Waals surface area contributed by atoms with Crippen LogP contribution in [0.15, 0.2) is 30.5 Å². The van der Waals surface area contributed by atoms with Gasteiger partial charge in [0.1, 0.15) is 17.7 Å². The van der Waals surface area contributed by atoms with Crippen LogP contribution in [0.3, 0.4) is 0 Å². The molecule has 0 amide bonds. The first-order valence-electron chi connectivity index (χ1n) is 5.20. The minimum atomic E-state index is -0.299. The average molecular weight is 353 g/mol. The maximum absolute atomic E-state index is 13.4. The van der Waals surface area contributed by atoms with Crippen molar-refractivity contribution in [2.75, 3.05) is 5.32 Å². The van der Waals surface area contributed by atoms with E-state index in [1.807, 2.05) is 29.5 Å². The lowest BCUT2D eigenvalue weighted by atomic mass is 10.1. The van der Waals surface area contributed by atoms with Gasteiger partial charge in [-0.25, -0.2) is 9.37 Å². The summed E-state index contributed by atoms with van der Waals surface area (Å²) in [7, 11) is 0. The number of hydrogen-bond acceptors (Lipinski definition) is 3. The summed E-state index contributed by atoms with van der Waals surface area (Å²) in [4.78, 5) is 4.12. The maximum atomic E-state index is 13.4. The van der Waals surface area contributed by atoms with E-state index in [1.165, 1.54) is 6.07 Å². The van der Waals surface area contributed by atoms with Crippen LogP contribution in [0.5, 0.6) is 0 Å². The summed E-state index contributed by atoms with van der Waals surface area (Å²) in [5, 5.41) is 12.1. The highest BCUT2D eigenvalue weighted by Gasteiger charge is 2.10. The standard InChI is InChI=1S/C13H9FIN3/c1-8-5-6-17-13(9(8)7-16)18-11-4-2-3-10(14)12(11)15/h2-6H,1H3,(H,17,18). The van der Waals surface area contributed by atoms with Crippen molar-refractivity contribution in [2.24, 2.45) is 0 Å². The van der Waals surface area contributed by atoms with Gasteiger partial charge in [-0.3, -0.25) is 0 Å². The van der Waals surface area contributed by atoms with Crippen molar-refractivity contribution in [2.45, 2.75) is 6.92 Å². The fourth-order valence-electron chi connectivity index (χ4n) is 1.52. The van der Waals surface area contributed by atoms with Crippen LogP contribution in [0, 0.1) is 27.6 Å². The molecule has 2 rings (SSSR count). The summed E-state index contributed by atoms with van der Waals surface area (Å²) in [6.45, 7) is 1.84. The lowest BCUT2D eigenvalue weighted by Gasteiger charge is -2.10. The number of benzene rings is 1. The Morgan fingerprint density at radius 3 is 2.89 bits per heavy atom. The van der Waals surface area contributed by atoms with Gasteiger partial charge in [-0.05, 0) is 53.3 Å². The van der Waals surface area contributed by atoms with E-state index < -0.39 is 0 Å². The Morgan fingerprint density at radius 2 is 2.17 bits per heavy atom. The second-order valence-corrected chi connectivity index (χ2v) is 4.77. The van der Waals surface area contributed by atoms with E-state index in [0.717, 1.165) is 5.56 Å². The SMILES string of the molecule is Cc1ccnc(Nc2cccc(F)c2I)c1C#N. The molecule has 1 N–H and O–H groups in total. The molecule has 90 valence electrons. The average Bonchev–Trinajstić information content (AvgIpc) is 2.35. The van der Waals surface area contributed by atoms with Crippen LogP contribution in [0.4, 0.5) is 15.9 Å². The Morgan fingerprint density at radius 1 is 1.39 bits per heavy atom. The zero-order valence-electron chi connectivity index (χ0n) is 9.54. The number of aryl methyl sites for hydroxylation is 1. The molecular weight excluding hydrogens is 344 g/mol. The molecule has 0 atom stereocenters. The minimum absolute atomic E-state index is 0.299. The number of hydrogen-bond donors (Lipinski definition) is 1. The van der Waals surface area contributed by atoms with E-state index >= 15 is 0 Å². The summed E-state index contributed by atoms with van der Waals surface area (Å²) >= 11 is 1.92. The lowest BCUT2D eigenvalue weighted by Crippen LogP contribution is -2.01. The van der Waals surface area contributed by atoms with E-state index in [1.54, 1.807) is 24.4 Å². The number of halogens is 2. The van der Waals surface area contributed by atoms with Crippen molar-refractivity contribution < 1.29 is 4.39 Å². The van der Waals surface area contributed by atoms with Crippen molar-refractivity contribution in [3.63, 3.8) is 0 Å². The maximum Gasteiger partial charge on any atom is 0.148 e. The Kier molecular flexibility index (Phi) is 3.77. The van der Waals surface area contributed by atoms with Crippen LogP contribution in [-0.2, 0) is 0 Å². The molecule has 1 aromatic heterocycles. The van der Waals surface area contributed by atoms with Gasteiger partial charge in [0.15, 0.2) is 0 Å². The predicted molar refractivity (Wildman–Crippen MR) is 76.1 cm³/mol. The summed E-state index contributed by atoms with van der Waals surface area (Å²) < 4.78 is 13.9. The second kappa shape index (κ2) is 5.31. The first-order chi connectivity index (χ1) is 8.63. The second-order valence-electron chi connectivity index (χ2n) is 3.69. The van der Waals surface area contributed by atoms with Gasteiger partial charge in [-0.15, -0.1) is 0 Å². The number of nitrogens with zero attached hydrogens (tertiary/aromatic N) is 2. The zero-order chi connectivity index (χ0) is 13.1. The van der Waals surface area contributed by atoms with Gasteiger partial charge >= 0.3 is 0 Å². The molecule has 0 bridgehead atoms. The molecule has 3 nitrogen and oxygen atoms in total. The van der Waals surface area contributed by atoms with Crippen LogP contribution in [0.25, 0.3) is 0 Å². The van der Waals surface area contributed by atoms with Gasteiger partial charge in [-0.2, -0.15) is 5.26 Å². The van der Waals surface area contributed by atoms with E-state index in [4.69, 9.17) is 5.26 Å². The van der Waals surface area contributed by atoms with Gasteiger partial charge in [0.05, 0.1) is 14.8 Å². The molecule has 1 aromatic carbocycles. The van der Waals surface area contributed by atoms with Crippen molar-refractivity contribution in [1.29, 1.82) is 5.26 Å². The molecule has 1 heterocycles. The molecule has 0 saturated carbocycles. The lowest BCUT2D eigenvalue weighted by molar-refractivity contribution is 0.621. The van der Waals surface area contributed by atoms with Crippen molar-refractivity contribution in [3.8, 4) is 6.07 Å². The van der Waals surface area contributed by atoms with Crippen LogP contribution in [0.2, 0.25) is 0 Å². The molecule has 0 aliphatic carbocycles. The van der Waals surface area contributed by atoms with Gasteiger partial charge in [0.2, 0.25) is 0 Å². The predicted octanol–water partition coefficient (Wildman–Crippen LogP) is 3.75. The monoisotopic (exact) mass is 353 g/mol. The Labute approximate surface area is 118 Å². The largest absolute Gasteiger partial charge is 0.338 e. The smallest absolute Gasteiger partial charge is 0.148 e. The normalized spacial score (nSPS) is 9.89. The fraction of sp³-hybridized carbons (Fsp3) is 0.0769. The molecular formula is C13H9FIN3. The number of pyridine rings is 1. The molecule has 0 radical (unpaired) electrons. The topological polar surface area (TPSA) is 48.7 Å². The number of aromatic nitrogens is 1. The zero-order valence-corrected chi connectivity index (χ0v) is 11.7. The molecule has 0 saturated heterocycles. The third kappa shape index (κ3) is 2.43. The number of anilines is 2. The molecule has 0 fully saturated rings. The van der Waals surface area contributed by atoms with E-state index in [-0.39, 0.29) is 5.82 Å². The minimum Gasteiger partial charge on any atom is -0.338 e. The molecule has 0 aliphatic rings. The third-order valence-corrected chi connectivity index (χ3v) is 3.57. The molecule has 0 aliphatic heterocycles. The van der Waals surface area contributed by atoms with E-state index in [2.05, 4.69) is 16.4 Å². The first kappa shape index (κ1) is 12.8. The molecule has 0 spiro atoms. The van der Waals surface area contributed by atoms with Crippen molar-refractivity contribution in [3.05, 3.63) is 51.0 Å². The van der Waals surface area contributed by atoms with Crippen molar-refractivity contribution in [1.82, 2.24) is 4.98 Å². The van der Waals surface area contributed by atoms with E-state index in [9.17, 15) is 4.39 Å². The number of nitriles is 1. The highest BCUT2D eigenvalue weighted by Crippen LogP contribution is 2.26. The number of nitrogens with one attached hydrogen (secondary N) is 1. The summed E-state index contributed by atoms with van der Waals surface area (Å²) in [5.41, 5.74) is 1.91. The van der Waals surface area contributed by atoms with Gasteiger partial charge < -0.3 is 5.32 Å². The van der Waals surface area contributed by atoms with Crippen LogP contribution in [-0.4, -0.2) is 4.98 Å². The van der Waals surface area contributed by atoms with Crippen LogP contribution < -0.4 is 5.32 Å². The number of rotatable bonds is 2. The Bertz CT molecular complexity index is 635. The summed E-state index contributed by atoms with van der Waals surface area (Å²) in [5.74, 6) is 0.146. The van der Waals surface area contributed by atoms with Crippen LogP contribution >= 0.6 is 22.6 Å². The van der Waals surface area contributed by atoms with E-state index in [0.29, 0.717) is 20.6 Å². The molecule has 5 heteroatoms. The van der Waals surface area contributed by atoms with Crippen molar-refractivity contribution >= 4 is 34.1 Å². The fourth-order valence-corrected chi connectivity index (χ4v) is 2.02. The van der Waals surface area contributed by atoms with Gasteiger partial charge in [0, 0.05) is 6.20 Å². The van der Waals surface area contributed by atoms with Gasteiger partial charge in [0.25, 0.3) is 0 Å². The van der Waals surface area contributed by atoms with Crippen LogP contribution in [0.1, 0.15) is 11.1 Å². The summed E-state index contributed by atoms with van der Waals surface area (Å²) in [6.07, 6.45) is 1.62. The molecule has 18 heavy (non-hydrogen) atoms. The highest BCUT2D eigenvalue weighted by atomic mass is 127. The van der Waals surface area contributed by atoms with Gasteiger partial charge in [-0.1, -0.05) is 6.07 Å². The first-order valence-corrected chi connectivity index (χ1v) is 6.28. The molecule has 2 aromatic rings. The Hall–Kier alpha value is -1.68. The molecule has 0 unspecified atom stereocenters. The quantitative estimate of drug-likeness (QED) is 0.837. The summed E-state index contributed by atoms with van der Waals surface area (Å²) in [6, 6.07) is 8.61. The highest BCUT2D eigenvalue weighted by molar-refractivity contribution is 14.1. The third-order valence-electron chi connectivity index (χ3n) is 2.48.